The summed E-state index contributed by atoms with van der Waals surface area (Å²) in [5.41, 5.74) is 1.16. The minimum absolute atomic E-state index is 0.309. The topological polar surface area (TPSA) is 73.2 Å². The molecule has 3 rings (SSSR count). The lowest BCUT2D eigenvalue weighted by Gasteiger charge is -2.39. The van der Waals surface area contributed by atoms with Crippen LogP contribution in [0.1, 0.15) is 18.4 Å². The van der Waals surface area contributed by atoms with E-state index in [1.54, 1.807) is 0 Å². The highest BCUT2D eigenvalue weighted by atomic mass is 16.5. The number of hydrogen-bond donors (Lipinski definition) is 3. The molecular formula is C17H25NO4. The molecule has 2 aliphatic rings. The van der Waals surface area contributed by atoms with E-state index in [1.807, 2.05) is 35.2 Å². The van der Waals surface area contributed by atoms with Gasteiger partial charge in [-0.1, -0.05) is 30.3 Å². The molecule has 2 fully saturated rings. The number of piperidine rings is 1. The van der Waals surface area contributed by atoms with Gasteiger partial charge in [0.1, 0.15) is 0 Å². The third kappa shape index (κ3) is 3.50. The van der Waals surface area contributed by atoms with E-state index in [2.05, 4.69) is 0 Å². The molecule has 1 unspecified atom stereocenters. The maximum absolute atomic E-state index is 10.2. The van der Waals surface area contributed by atoms with E-state index in [0.29, 0.717) is 32.1 Å². The SMILES string of the molecule is OC1CN2C[C@H](CCOCc3ccccc3)C[C@@H](O)[C@@H]2[C@@H]1O. The molecule has 0 bridgehead atoms. The van der Waals surface area contributed by atoms with Gasteiger partial charge in [0.15, 0.2) is 0 Å². The average Bonchev–Trinajstić information content (AvgIpc) is 2.80. The third-order valence-electron chi connectivity index (χ3n) is 4.83. The molecule has 0 saturated carbocycles. The molecule has 5 nitrogen and oxygen atoms in total. The van der Waals surface area contributed by atoms with Crippen molar-refractivity contribution in [3.63, 3.8) is 0 Å². The first kappa shape index (κ1) is 15.9. The van der Waals surface area contributed by atoms with Gasteiger partial charge in [-0.15, -0.1) is 0 Å². The fraction of sp³-hybridized carbons (Fsp3) is 0.647. The monoisotopic (exact) mass is 307 g/mol. The van der Waals surface area contributed by atoms with Crippen LogP contribution in [0.3, 0.4) is 0 Å². The zero-order chi connectivity index (χ0) is 15.5. The van der Waals surface area contributed by atoms with E-state index in [0.717, 1.165) is 18.5 Å². The second-order valence-corrected chi connectivity index (χ2v) is 6.50. The summed E-state index contributed by atoms with van der Waals surface area (Å²) in [7, 11) is 0. The van der Waals surface area contributed by atoms with E-state index >= 15 is 0 Å². The van der Waals surface area contributed by atoms with Gasteiger partial charge in [-0.2, -0.15) is 0 Å². The summed E-state index contributed by atoms with van der Waals surface area (Å²) in [6, 6.07) is 9.77. The molecule has 5 heteroatoms. The van der Waals surface area contributed by atoms with Crippen LogP contribution in [0.25, 0.3) is 0 Å². The maximum Gasteiger partial charge on any atom is 0.0991 e. The van der Waals surface area contributed by atoms with Gasteiger partial charge in [0, 0.05) is 19.7 Å². The average molecular weight is 307 g/mol. The van der Waals surface area contributed by atoms with Crippen molar-refractivity contribution in [3.05, 3.63) is 35.9 Å². The number of rotatable bonds is 5. The van der Waals surface area contributed by atoms with Crippen LogP contribution in [0.5, 0.6) is 0 Å². The standard InChI is InChI=1S/C17H25NO4/c19-14-8-13(9-18-10-15(20)17(21)16(14)18)6-7-22-11-12-4-2-1-3-5-12/h1-5,13-17,19-21H,6-11H2/t13-,14-,15?,16-,17-/m1/s1. The Balaban J connectivity index is 1.43. The highest BCUT2D eigenvalue weighted by Crippen LogP contribution is 2.32. The van der Waals surface area contributed by atoms with Crippen molar-refractivity contribution in [1.82, 2.24) is 4.90 Å². The Morgan fingerprint density at radius 2 is 1.82 bits per heavy atom. The van der Waals surface area contributed by atoms with Gasteiger partial charge in [0.25, 0.3) is 0 Å². The Morgan fingerprint density at radius 1 is 1.05 bits per heavy atom. The van der Waals surface area contributed by atoms with Crippen molar-refractivity contribution in [2.75, 3.05) is 19.7 Å². The van der Waals surface area contributed by atoms with E-state index < -0.39 is 18.3 Å². The quantitative estimate of drug-likeness (QED) is 0.686. The first-order chi connectivity index (χ1) is 10.6. The van der Waals surface area contributed by atoms with Crippen LogP contribution in [0, 0.1) is 5.92 Å². The minimum Gasteiger partial charge on any atom is -0.391 e. The number of aliphatic hydroxyl groups is 3. The molecule has 2 saturated heterocycles. The summed E-state index contributed by atoms with van der Waals surface area (Å²) in [6.07, 6.45) is -0.586. The van der Waals surface area contributed by atoms with Gasteiger partial charge >= 0.3 is 0 Å². The summed E-state index contributed by atoms with van der Waals surface area (Å²) in [5, 5.41) is 29.9. The zero-order valence-electron chi connectivity index (χ0n) is 12.7. The van der Waals surface area contributed by atoms with Crippen molar-refractivity contribution >= 4 is 0 Å². The van der Waals surface area contributed by atoms with E-state index in [1.165, 1.54) is 0 Å². The molecule has 0 spiro atoms. The van der Waals surface area contributed by atoms with Crippen molar-refractivity contribution in [3.8, 4) is 0 Å². The predicted octanol–water partition coefficient (Wildman–Crippen LogP) is 0.380. The summed E-state index contributed by atoms with van der Waals surface area (Å²) < 4.78 is 5.71. The van der Waals surface area contributed by atoms with E-state index in [4.69, 9.17) is 4.74 Å². The van der Waals surface area contributed by atoms with Crippen LogP contribution >= 0.6 is 0 Å². The molecule has 5 atom stereocenters. The Labute approximate surface area is 131 Å². The summed E-state index contributed by atoms with van der Waals surface area (Å²) in [5.74, 6) is 0.347. The molecule has 0 amide bonds. The van der Waals surface area contributed by atoms with Crippen LogP contribution in [0.2, 0.25) is 0 Å². The first-order valence-corrected chi connectivity index (χ1v) is 8.05. The van der Waals surface area contributed by atoms with Crippen molar-refractivity contribution in [1.29, 1.82) is 0 Å². The molecule has 1 aromatic carbocycles. The lowest BCUT2D eigenvalue weighted by Crippen LogP contribution is -2.52. The van der Waals surface area contributed by atoms with E-state index in [-0.39, 0.29) is 6.04 Å². The zero-order valence-corrected chi connectivity index (χ0v) is 12.7. The molecule has 3 N–H and O–H groups in total. The normalized spacial score (nSPS) is 35.5. The fourth-order valence-electron chi connectivity index (χ4n) is 3.69. The molecule has 2 aliphatic heterocycles. The van der Waals surface area contributed by atoms with Gasteiger partial charge in [0.2, 0.25) is 0 Å². The van der Waals surface area contributed by atoms with Gasteiger partial charge < -0.3 is 20.1 Å². The van der Waals surface area contributed by atoms with Gasteiger partial charge in [-0.3, -0.25) is 4.90 Å². The number of benzene rings is 1. The Morgan fingerprint density at radius 3 is 2.59 bits per heavy atom. The number of hydrogen-bond acceptors (Lipinski definition) is 5. The molecule has 22 heavy (non-hydrogen) atoms. The minimum atomic E-state index is -0.828. The number of aliphatic hydroxyl groups excluding tert-OH is 3. The Kier molecular flexibility index (Phi) is 5.10. The highest BCUT2D eigenvalue weighted by Gasteiger charge is 2.47. The summed E-state index contributed by atoms with van der Waals surface area (Å²) >= 11 is 0. The molecule has 0 aromatic heterocycles. The highest BCUT2D eigenvalue weighted by molar-refractivity contribution is 5.13. The van der Waals surface area contributed by atoms with Crippen LogP contribution in [0.4, 0.5) is 0 Å². The van der Waals surface area contributed by atoms with Gasteiger partial charge in [-0.05, 0) is 24.3 Å². The smallest absolute Gasteiger partial charge is 0.0991 e. The van der Waals surface area contributed by atoms with Crippen LogP contribution < -0.4 is 0 Å². The Bertz CT molecular complexity index is 469. The lowest BCUT2D eigenvalue weighted by molar-refractivity contribution is -0.0473. The van der Waals surface area contributed by atoms with Gasteiger partial charge in [-0.25, -0.2) is 0 Å². The molecule has 1 aromatic rings. The van der Waals surface area contributed by atoms with Crippen molar-refractivity contribution in [2.24, 2.45) is 5.92 Å². The van der Waals surface area contributed by atoms with Gasteiger partial charge in [0.05, 0.1) is 31.0 Å². The van der Waals surface area contributed by atoms with Crippen LogP contribution in [-0.4, -0.2) is 64.3 Å². The number of nitrogens with zero attached hydrogens (tertiary/aromatic N) is 1. The molecule has 122 valence electrons. The largest absolute Gasteiger partial charge is 0.391 e. The Hall–Kier alpha value is -0.980. The predicted molar refractivity (Wildman–Crippen MR) is 82.2 cm³/mol. The van der Waals surface area contributed by atoms with Crippen molar-refractivity contribution in [2.45, 2.75) is 43.8 Å². The fourth-order valence-corrected chi connectivity index (χ4v) is 3.69. The summed E-state index contributed by atoms with van der Waals surface area (Å²) in [4.78, 5) is 2.02. The second-order valence-electron chi connectivity index (χ2n) is 6.50. The van der Waals surface area contributed by atoms with E-state index in [9.17, 15) is 15.3 Å². The molecule has 0 radical (unpaired) electrons. The number of ether oxygens (including phenoxy) is 1. The van der Waals surface area contributed by atoms with Crippen LogP contribution in [0.15, 0.2) is 30.3 Å². The molecular weight excluding hydrogens is 282 g/mol. The summed E-state index contributed by atoms with van der Waals surface area (Å²) in [6.45, 7) is 2.53. The lowest BCUT2D eigenvalue weighted by atomic mass is 9.88. The van der Waals surface area contributed by atoms with Crippen LogP contribution in [-0.2, 0) is 11.3 Å². The number of fused-ring (bicyclic) bond motifs is 1. The maximum atomic E-state index is 10.2. The molecule has 0 aliphatic carbocycles. The second kappa shape index (κ2) is 7.06. The molecule has 2 heterocycles. The third-order valence-corrected chi connectivity index (χ3v) is 4.83. The van der Waals surface area contributed by atoms with Crippen molar-refractivity contribution < 1.29 is 20.1 Å². The first-order valence-electron chi connectivity index (χ1n) is 8.05.